The molecule has 0 aliphatic rings. The lowest BCUT2D eigenvalue weighted by Crippen LogP contribution is -2.11. The highest BCUT2D eigenvalue weighted by Crippen LogP contribution is 2.27. The van der Waals surface area contributed by atoms with Gasteiger partial charge in [0, 0.05) is 27.9 Å². The zero-order chi connectivity index (χ0) is 16.5. The van der Waals surface area contributed by atoms with Crippen molar-refractivity contribution in [2.24, 2.45) is 0 Å². The Morgan fingerprint density at radius 3 is 2.79 bits per heavy atom. The van der Waals surface area contributed by atoms with Gasteiger partial charge < -0.3 is 10.3 Å². The number of aromatic amines is 2. The molecule has 4 aromatic rings. The number of hydrogen-bond donors (Lipinski definition) is 3. The molecule has 0 saturated carbocycles. The summed E-state index contributed by atoms with van der Waals surface area (Å²) in [5.41, 5.74) is 3.84. The molecule has 0 fully saturated rings. The molecule has 5 nitrogen and oxygen atoms in total. The van der Waals surface area contributed by atoms with Crippen molar-refractivity contribution in [3.8, 4) is 11.4 Å². The van der Waals surface area contributed by atoms with Crippen molar-refractivity contribution in [1.82, 2.24) is 15.2 Å². The third kappa shape index (κ3) is 2.66. The molecule has 3 N–H and O–H groups in total. The van der Waals surface area contributed by atoms with Crippen molar-refractivity contribution in [3.05, 3.63) is 71.4 Å². The fourth-order valence-electron chi connectivity index (χ4n) is 2.61. The van der Waals surface area contributed by atoms with Crippen LogP contribution in [-0.4, -0.2) is 21.1 Å². The lowest BCUT2D eigenvalue weighted by atomic mass is 10.1. The summed E-state index contributed by atoms with van der Waals surface area (Å²) >= 11 is 5.94. The molecular formula is C18H13ClN4O. The molecule has 0 bridgehead atoms. The highest BCUT2D eigenvalue weighted by atomic mass is 35.5. The minimum absolute atomic E-state index is 0.207. The monoisotopic (exact) mass is 336 g/mol. The third-order valence-corrected chi connectivity index (χ3v) is 4.00. The van der Waals surface area contributed by atoms with Crippen LogP contribution in [0.15, 0.2) is 60.8 Å². The second-order valence-corrected chi connectivity index (χ2v) is 5.82. The predicted molar refractivity (Wildman–Crippen MR) is 95.3 cm³/mol. The van der Waals surface area contributed by atoms with Gasteiger partial charge in [0.1, 0.15) is 5.69 Å². The summed E-state index contributed by atoms with van der Waals surface area (Å²) in [7, 11) is 0. The number of benzene rings is 2. The van der Waals surface area contributed by atoms with E-state index in [1.807, 2.05) is 36.5 Å². The average molecular weight is 337 g/mol. The van der Waals surface area contributed by atoms with Crippen molar-refractivity contribution in [2.45, 2.75) is 0 Å². The quantitative estimate of drug-likeness (QED) is 0.516. The van der Waals surface area contributed by atoms with Gasteiger partial charge in [-0.15, -0.1) is 0 Å². The number of rotatable bonds is 3. The molecule has 0 aliphatic heterocycles. The van der Waals surface area contributed by atoms with Crippen LogP contribution in [0.1, 0.15) is 10.4 Å². The van der Waals surface area contributed by atoms with Crippen LogP contribution in [0.25, 0.3) is 22.3 Å². The van der Waals surface area contributed by atoms with Crippen LogP contribution in [0.3, 0.4) is 0 Å². The van der Waals surface area contributed by atoms with Crippen molar-refractivity contribution in [2.75, 3.05) is 5.32 Å². The van der Waals surface area contributed by atoms with Gasteiger partial charge in [-0.05, 0) is 48.5 Å². The van der Waals surface area contributed by atoms with Crippen LogP contribution < -0.4 is 5.32 Å². The van der Waals surface area contributed by atoms with E-state index in [-0.39, 0.29) is 5.91 Å². The van der Waals surface area contributed by atoms with Gasteiger partial charge in [0.25, 0.3) is 5.91 Å². The zero-order valence-corrected chi connectivity index (χ0v) is 13.3. The second kappa shape index (κ2) is 5.86. The molecule has 4 rings (SSSR count). The molecule has 0 aliphatic carbocycles. The number of amides is 1. The molecule has 1 amide bonds. The topological polar surface area (TPSA) is 73.6 Å². The molecule has 0 radical (unpaired) electrons. The number of halogens is 1. The van der Waals surface area contributed by atoms with E-state index < -0.39 is 0 Å². The molecule has 6 heteroatoms. The van der Waals surface area contributed by atoms with Gasteiger partial charge in [0.15, 0.2) is 0 Å². The van der Waals surface area contributed by atoms with E-state index in [4.69, 9.17) is 11.6 Å². The number of nitrogens with one attached hydrogen (secondary N) is 3. The van der Waals surface area contributed by atoms with Crippen molar-refractivity contribution < 1.29 is 4.79 Å². The lowest BCUT2D eigenvalue weighted by molar-refractivity contribution is 0.102. The van der Waals surface area contributed by atoms with Crippen LogP contribution in [0.2, 0.25) is 5.02 Å². The summed E-state index contributed by atoms with van der Waals surface area (Å²) in [6, 6.07) is 16.3. The predicted octanol–water partition coefficient (Wildman–Crippen LogP) is 4.46. The Kier molecular flexibility index (Phi) is 3.55. The number of carbonyl (C=O) groups excluding carboxylic acids is 1. The van der Waals surface area contributed by atoms with Gasteiger partial charge in [-0.3, -0.25) is 9.89 Å². The van der Waals surface area contributed by atoms with Gasteiger partial charge in [-0.2, -0.15) is 5.10 Å². The Balaban J connectivity index is 1.68. The van der Waals surface area contributed by atoms with Gasteiger partial charge in [-0.1, -0.05) is 17.7 Å². The van der Waals surface area contributed by atoms with Crippen molar-refractivity contribution in [1.29, 1.82) is 0 Å². The normalized spacial score (nSPS) is 10.9. The summed E-state index contributed by atoms with van der Waals surface area (Å²) in [6.45, 7) is 0. The Hall–Kier alpha value is -3.05. The fourth-order valence-corrected chi connectivity index (χ4v) is 2.80. The van der Waals surface area contributed by atoms with Crippen molar-refractivity contribution >= 4 is 34.1 Å². The molecular weight excluding hydrogens is 324 g/mol. The van der Waals surface area contributed by atoms with Crippen LogP contribution in [0.4, 0.5) is 5.69 Å². The summed E-state index contributed by atoms with van der Waals surface area (Å²) in [5.74, 6) is -0.207. The molecule has 0 spiro atoms. The van der Waals surface area contributed by atoms with Crippen LogP contribution in [0, 0.1) is 0 Å². The minimum atomic E-state index is -0.207. The molecule has 2 aromatic carbocycles. The molecule has 24 heavy (non-hydrogen) atoms. The Labute approximate surface area is 142 Å². The van der Waals surface area contributed by atoms with Gasteiger partial charge in [0.05, 0.1) is 11.2 Å². The number of fused-ring (bicyclic) bond motifs is 1. The Morgan fingerprint density at radius 2 is 2.00 bits per heavy atom. The standard InChI is InChI=1S/C18H13ClN4O/c19-12-4-1-3-11(9-12)18(24)21-13-6-7-15-14(10-13)17(23-22-15)16-5-2-8-20-16/h1-10,20H,(H,21,24)(H,22,23). The minimum Gasteiger partial charge on any atom is -0.360 e. The first-order chi connectivity index (χ1) is 11.7. The van der Waals surface area contributed by atoms with Gasteiger partial charge in [-0.25, -0.2) is 0 Å². The first-order valence-corrected chi connectivity index (χ1v) is 7.77. The first kappa shape index (κ1) is 14.5. The average Bonchev–Trinajstić information content (AvgIpc) is 3.23. The molecule has 0 atom stereocenters. The number of carbonyl (C=O) groups is 1. The molecule has 2 heterocycles. The summed E-state index contributed by atoms with van der Waals surface area (Å²) in [6.07, 6.45) is 1.85. The largest absolute Gasteiger partial charge is 0.360 e. The smallest absolute Gasteiger partial charge is 0.255 e. The maximum Gasteiger partial charge on any atom is 0.255 e. The molecule has 0 unspecified atom stereocenters. The summed E-state index contributed by atoms with van der Waals surface area (Å²) < 4.78 is 0. The summed E-state index contributed by atoms with van der Waals surface area (Å²) in [4.78, 5) is 15.5. The van der Waals surface area contributed by atoms with E-state index in [0.717, 1.165) is 22.3 Å². The van der Waals surface area contributed by atoms with E-state index in [0.29, 0.717) is 16.3 Å². The third-order valence-electron chi connectivity index (χ3n) is 3.76. The van der Waals surface area contributed by atoms with Gasteiger partial charge >= 0.3 is 0 Å². The van der Waals surface area contributed by atoms with E-state index in [1.165, 1.54) is 0 Å². The number of aromatic nitrogens is 3. The van der Waals surface area contributed by atoms with Crippen LogP contribution in [-0.2, 0) is 0 Å². The summed E-state index contributed by atoms with van der Waals surface area (Å²) in [5, 5.41) is 11.7. The Bertz CT molecular complexity index is 1020. The molecule has 0 saturated heterocycles. The van der Waals surface area contributed by atoms with Crippen molar-refractivity contribution in [3.63, 3.8) is 0 Å². The number of anilines is 1. The molecule has 118 valence electrons. The fraction of sp³-hybridized carbons (Fsp3) is 0. The van der Waals surface area contributed by atoms with E-state index in [1.54, 1.807) is 24.3 Å². The number of H-pyrrole nitrogens is 2. The number of hydrogen-bond acceptors (Lipinski definition) is 2. The highest BCUT2D eigenvalue weighted by Gasteiger charge is 2.11. The SMILES string of the molecule is O=C(Nc1ccc2[nH]nc(-c3ccc[nH]3)c2c1)c1cccc(Cl)c1. The van der Waals surface area contributed by atoms with Crippen LogP contribution in [0.5, 0.6) is 0 Å². The van der Waals surface area contributed by atoms with E-state index >= 15 is 0 Å². The Morgan fingerprint density at radius 1 is 1.08 bits per heavy atom. The number of nitrogens with zero attached hydrogens (tertiary/aromatic N) is 1. The van der Waals surface area contributed by atoms with Crippen LogP contribution >= 0.6 is 11.6 Å². The zero-order valence-electron chi connectivity index (χ0n) is 12.5. The maximum atomic E-state index is 12.4. The highest BCUT2D eigenvalue weighted by molar-refractivity contribution is 6.31. The van der Waals surface area contributed by atoms with Gasteiger partial charge in [0.2, 0.25) is 0 Å². The van der Waals surface area contributed by atoms with E-state index in [9.17, 15) is 4.79 Å². The maximum absolute atomic E-state index is 12.4. The second-order valence-electron chi connectivity index (χ2n) is 5.38. The first-order valence-electron chi connectivity index (χ1n) is 7.39. The molecule has 2 aromatic heterocycles. The van der Waals surface area contributed by atoms with E-state index in [2.05, 4.69) is 20.5 Å². The lowest BCUT2D eigenvalue weighted by Gasteiger charge is -2.06.